The molecule has 1 aliphatic carbocycles. The second-order valence-corrected chi connectivity index (χ2v) is 7.74. The number of hydrogen-bond acceptors (Lipinski definition) is 3. The summed E-state index contributed by atoms with van der Waals surface area (Å²) in [4.78, 5) is 2.18. The van der Waals surface area contributed by atoms with Crippen molar-refractivity contribution < 1.29 is 8.42 Å². The van der Waals surface area contributed by atoms with E-state index in [-0.39, 0.29) is 11.8 Å². The fourth-order valence-electron chi connectivity index (χ4n) is 2.80. The van der Waals surface area contributed by atoms with E-state index in [1.165, 1.54) is 24.0 Å². The molecule has 98 valence electrons. The van der Waals surface area contributed by atoms with Gasteiger partial charge in [0.2, 0.25) is 0 Å². The first-order valence-corrected chi connectivity index (χ1v) is 8.38. The van der Waals surface area contributed by atoms with E-state index < -0.39 is 9.84 Å². The SMILES string of the molecule is CN1CCS(=O)(=O)CC1c1ccccc1C1CC1. The molecule has 1 saturated heterocycles. The molecule has 0 spiro atoms. The Morgan fingerprint density at radius 3 is 2.50 bits per heavy atom. The molecule has 0 amide bonds. The summed E-state index contributed by atoms with van der Waals surface area (Å²) in [5.74, 6) is 1.23. The van der Waals surface area contributed by atoms with Crippen LogP contribution in [0, 0.1) is 0 Å². The van der Waals surface area contributed by atoms with Crippen molar-refractivity contribution in [2.75, 3.05) is 25.1 Å². The van der Waals surface area contributed by atoms with Crippen molar-refractivity contribution in [3.63, 3.8) is 0 Å². The van der Waals surface area contributed by atoms with Gasteiger partial charge in [0.05, 0.1) is 11.5 Å². The van der Waals surface area contributed by atoms with Gasteiger partial charge in [-0.05, 0) is 36.9 Å². The van der Waals surface area contributed by atoms with Gasteiger partial charge in [0.1, 0.15) is 0 Å². The summed E-state index contributed by atoms with van der Waals surface area (Å²) < 4.78 is 23.7. The van der Waals surface area contributed by atoms with Gasteiger partial charge in [0.25, 0.3) is 0 Å². The summed E-state index contributed by atoms with van der Waals surface area (Å²) in [6.07, 6.45) is 2.50. The van der Waals surface area contributed by atoms with Gasteiger partial charge in [-0.15, -0.1) is 0 Å². The zero-order valence-electron chi connectivity index (χ0n) is 10.7. The van der Waals surface area contributed by atoms with E-state index in [1.54, 1.807) is 0 Å². The third-order valence-electron chi connectivity index (χ3n) is 4.07. The molecule has 3 nitrogen and oxygen atoms in total. The Hall–Kier alpha value is -0.870. The molecule has 1 aromatic rings. The Morgan fingerprint density at radius 1 is 1.17 bits per heavy atom. The van der Waals surface area contributed by atoms with Crippen LogP contribution in [0.25, 0.3) is 0 Å². The molecule has 1 aromatic carbocycles. The van der Waals surface area contributed by atoms with Crippen molar-refractivity contribution in [1.29, 1.82) is 0 Å². The molecule has 1 atom stereocenters. The van der Waals surface area contributed by atoms with Crippen molar-refractivity contribution in [1.82, 2.24) is 4.90 Å². The van der Waals surface area contributed by atoms with Gasteiger partial charge in [0, 0.05) is 12.6 Å². The molecule has 2 fully saturated rings. The summed E-state index contributed by atoms with van der Waals surface area (Å²) in [6.45, 7) is 0.645. The number of nitrogens with zero attached hydrogens (tertiary/aromatic N) is 1. The highest BCUT2D eigenvalue weighted by atomic mass is 32.2. The maximum atomic E-state index is 11.8. The Kier molecular flexibility index (Phi) is 2.94. The fourth-order valence-corrected chi connectivity index (χ4v) is 4.45. The highest BCUT2D eigenvalue weighted by Gasteiger charge is 2.34. The largest absolute Gasteiger partial charge is 0.297 e. The van der Waals surface area contributed by atoms with Gasteiger partial charge in [-0.1, -0.05) is 24.3 Å². The number of hydrogen-bond donors (Lipinski definition) is 0. The second-order valence-electron chi connectivity index (χ2n) is 5.51. The first kappa shape index (κ1) is 12.2. The van der Waals surface area contributed by atoms with Crippen molar-refractivity contribution in [3.05, 3.63) is 35.4 Å². The molecule has 2 aliphatic rings. The predicted molar refractivity (Wildman–Crippen MR) is 72.4 cm³/mol. The molecule has 3 rings (SSSR count). The van der Waals surface area contributed by atoms with Gasteiger partial charge < -0.3 is 0 Å². The maximum Gasteiger partial charge on any atom is 0.153 e. The lowest BCUT2D eigenvalue weighted by Gasteiger charge is -2.33. The fraction of sp³-hybridized carbons (Fsp3) is 0.571. The third kappa shape index (κ3) is 2.31. The standard InChI is InChI=1S/C14H19NO2S/c1-15-8-9-18(16,17)10-14(15)13-5-3-2-4-12(13)11-6-7-11/h2-5,11,14H,6-10H2,1H3. The van der Waals surface area contributed by atoms with E-state index in [0.29, 0.717) is 18.2 Å². The monoisotopic (exact) mass is 265 g/mol. The minimum Gasteiger partial charge on any atom is -0.297 e. The lowest BCUT2D eigenvalue weighted by Crippen LogP contribution is -2.40. The van der Waals surface area contributed by atoms with Crippen molar-refractivity contribution >= 4 is 9.84 Å². The molecular formula is C14H19NO2S. The van der Waals surface area contributed by atoms with Crippen LogP contribution < -0.4 is 0 Å². The van der Waals surface area contributed by atoms with Crippen LogP contribution in [0.2, 0.25) is 0 Å². The molecule has 0 N–H and O–H groups in total. The number of rotatable bonds is 2. The molecule has 4 heteroatoms. The Labute approximate surface area is 109 Å². The molecule has 0 aromatic heterocycles. The van der Waals surface area contributed by atoms with Crippen LogP contribution >= 0.6 is 0 Å². The minimum atomic E-state index is -2.88. The van der Waals surface area contributed by atoms with E-state index in [4.69, 9.17) is 0 Å². The Morgan fingerprint density at radius 2 is 1.83 bits per heavy atom. The van der Waals surface area contributed by atoms with Gasteiger partial charge in [-0.2, -0.15) is 0 Å². The predicted octanol–water partition coefficient (Wildman–Crippen LogP) is 1.97. The van der Waals surface area contributed by atoms with Crippen molar-refractivity contribution in [3.8, 4) is 0 Å². The third-order valence-corrected chi connectivity index (χ3v) is 5.70. The van der Waals surface area contributed by atoms with E-state index in [9.17, 15) is 8.42 Å². The zero-order valence-corrected chi connectivity index (χ0v) is 11.5. The average molecular weight is 265 g/mol. The molecule has 1 saturated carbocycles. The normalized spacial score (nSPS) is 28.2. The first-order chi connectivity index (χ1) is 8.57. The van der Waals surface area contributed by atoms with Crippen LogP contribution in [-0.2, 0) is 9.84 Å². The summed E-state index contributed by atoms with van der Waals surface area (Å²) in [6, 6.07) is 8.41. The summed E-state index contributed by atoms with van der Waals surface area (Å²) in [7, 11) is -0.846. The van der Waals surface area contributed by atoms with Crippen LogP contribution in [0.4, 0.5) is 0 Å². The van der Waals surface area contributed by atoms with Gasteiger partial charge in [0.15, 0.2) is 9.84 Å². The van der Waals surface area contributed by atoms with Crippen LogP contribution in [-0.4, -0.2) is 38.4 Å². The maximum absolute atomic E-state index is 11.8. The van der Waals surface area contributed by atoms with Gasteiger partial charge in [-0.25, -0.2) is 8.42 Å². The molecule has 1 aliphatic heterocycles. The zero-order chi connectivity index (χ0) is 12.8. The quantitative estimate of drug-likeness (QED) is 0.820. The van der Waals surface area contributed by atoms with Crippen LogP contribution in [0.3, 0.4) is 0 Å². The van der Waals surface area contributed by atoms with E-state index in [2.05, 4.69) is 23.1 Å². The summed E-state index contributed by atoms with van der Waals surface area (Å²) in [5, 5.41) is 0. The summed E-state index contributed by atoms with van der Waals surface area (Å²) in [5.41, 5.74) is 2.59. The Bertz CT molecular complexity index is 549. The molecule has 0 bridgehead atoms. The van der Waals surface area contributed by atoms with Crippen LogP contribution in [0.15, 0.2) is 24.3 Å². The first-order valence-electron chi connectivity index (χ1n) is 6.56. The molecule has 1 unspecified atom stereocenters. The lowest BCUT2D eigenvalue weighted by atomic mass is 9.97. The lowest BCUT2D eigenvalue weighted by molar-refractivity contribution is 0.265. The molecule has 0 radical (unpaired) electrons. The smallest absolute Gasteiger partial charge is 0.153 e. The number of benzene rings is 1. The second kappa shape index (κ2) is 4.35. The molecular weight excluding hydrogens is 246 g/mol. The average Bonchev–Trinajstić information content (AvgIpc) is 3.17. The topological polar surface area (TPSA) is 37.4 Å². The summed E-state index contributed by atoms with van der Waals surface area (Å²) >= 11 is 0. The highest BCUT2D eigenvalue weighted by molar-refractivity contribution is 7.91. The van der Waals surface area contributed by atoms with E-state index in [1.807, 2.05) is 13.1 Å². The Balaban J connectivity index is 1.97. The van der Waals surface area contributed by atoms with Crippen LogP contribution in [0.1, 0.15) is 35.9 Å². The molecule has 18 heavy (non-hydrogen) atoms. The van der Waals surface area contributed by atoms with E-state index in [0.717, 1.165) is 0 Å². The van der Waals surface area contributed by atoms with Gasteiger partial charge >= 0.3 is 0 Å². The highest BCUT2D eigenvalue weighted by Crippen LogP contribution is 2.44. The minimum absolute atomic E-state index is 0.0422. The molecule has 1 heterocycles. The number of sulfone groups is 1. The van der Waals surface area contributed by atoms with Gasteiger partial charge in [-0.3, -0.25) is 4.90 Å². The van der Waals surface area contributed by atoms with Crippen LogP contribution in [0.5, 0.6) is 0 Å². The van der Waals surface area contributed by atoms with E-state index >= 15 is 0 Å². The van der Waals surface area contributed by atoms with Crippen molar-refractivity contribution in [2.24, 2.45) is 0 Å². The van der Waals surface area contributed by atoms with Crippen molar-refractivity contribution in [2.45, 2.75) is 24.8 Å².